The van der Waals surface area contributed by atoms with Gasteiger partial charge in [-0.25, -0.2) is 4.68 Å². The third-order valence-corrected chi connectivity index (χ3v) is 2.79. The fourth-order valence-electron chi connectivity index (χ4n) is 1.76. The lowest BCUT2D eigenvalue weighted by atomic mass is 10.2. The second-order valence-electron chi connectivity index (χ2n) is 4.20. The molecule has 0 radical (unpaired) electrons. The molecule has 8 nitrogen and oxygen atoms in total. The van der Waals surface area contributed by atoms with Crippen molar-refractivity contribution in [2.24, 2.45) is 0 Å². The molecule has 0 unspecified atom stereocenters. The Bertz CT molecular complexity index is 747. The van der Waals surface area contributed by atoms with Gasteiger partial charge in [0.15, 0.2) is 6.29 Å². The number of hydrogen-bond donors (Lipinski definition) is 0. The SMILES string of the molecule is COc1ccc(-c2noc(Cn3cc(C=O)nn3)n2)cc1. The first kappa shape index (κ1) is 13.0. The van der Waals surface area contributed by atoms with Gasteiger partial charge in [-0.2, -0.15) is 4.98 Å². The summed E-state index contributed by atoms with van der Waals surface area (Å²) in [5, 5.41) is 11.3. The van der Waals surface area contributed by atoms with E-state index in [1.54, 1.807) is 7.11 Å². The van der Waals surface area contributed by atoms with E-state index in [-0.39, 0.29) is 12.2 Å². The Balaban J connectivity index is 1.77. The summed E-state index contributed by atoms with van der Waals surface area (Å²) in [6, 6.07) is 7.32. The first-order chi connectivity index (χ1) is 10.3. The molecule has 8 heteroatoms. The maximum Gasteiger partial charge on any atom is 0.248 e. The minimum absolute atomic E-state index is 0.254. The first-order valence-electron chi connectivity index (χ1n) is 6.11. The van der Waals surface area contributed by atoms with Crippen molar-refractivity contribution in [2.45, 2.75) is 6.54 Å². The predicted molar refractivity (Wildman–Crippen MR) is 70.8 cm³/mol. The number of ether oxygens (including phenoxy) is 1. The third-order valence-electron chi connectivity index (χ3n) is 2.79. The second kappa shape index (κ2) is 5.53. The minimum atomic E-state index is 0.254. The van der Waals surface area contributed by atoms with Crippen LogP contribution in [0.15, 0.2) is 35.0 Å². The van der Waals surface area contributed by atoms with E-state index in [9.17, 15) is 4.79 Å². The molecule has 21 heavy (non-hydrogen) atoms. The molecule has 0 aliphatic rings. The van der Waals surface area contributed by atoms with Crippen LogP contribution in [0.25, 0.3) is 11.4 Å². The van der Waals surface area contributed by atoms with Crippen molar-refractivity contribution in [3.8, 4) is 17.1 Å². The average Bonchev–Trinajstić information content (AvgIpc) is 3.17. The fourth-order valence-corrected chi connectivity index (χ4v) is 1.76. The number of nitrogens with zero attached hydrogens (tertiary/aromatic N) is 5. The van der Waals surface area contributed by atoms with Gasteiger partial charge in [-0.05, 0) is 24.3 Å². The van der Waals surface area contributed by atoms with E-state index < -0.39 is 0 Å². The Morgan fingerprint density at radius 1 is 1.33 bits per heavy atom. The van der Waals surface area contributed by atoms with E-state index in [1.165, 1.54) is 10.9 Å². The summed E-state index contributed by atoms with van der Waals surface area (Å²) in [7, 11) is 1.60. The fraction of sp³-hybridized carbons (Fsp3) is 0.154. The van der Waals surface area contributed by atoms with Crippen molar-refractivity contribution >= 4 is 6.29 Å². The zero-order valence-corrected chi connectivity index (χ0v) is 11.1. The molecule has 0 saturated heterocycles. The normalized spacial score (nSPS) is 10.5. The molecular weight excluding hydrogens is 274 g/mol. The smallest absolute Gasteiger partial charge is 0.248 e. The maximum atomic E-state index is 10.5. The van der Waals surface area contributed by atoms with Gasteiger partial charge in [0.1, 0.15) is 18.0 Å². The number of carbonyl (C=O) groups is 1. The van der Waals surface area contributed by atoms with Crippen molar-refractivity contribution in [1.29, 1.82) is 0 Å². The highest BCUT2D eigenvalue weighted by Gasteiger charge is 2.10. The number of methoxy groups -OCH3 is 1. The van der Waals surface area contributed by atoms with Crippen molar-refractivity contribution in [3.05, 3.63) is 42.0 Å². The quantitative estimate of drug-likeness (QED) is 0.650. The molecule has 1 aromatic carbocycles. The van der Waals surface area contributed by atoms with Crippen LogP contribution in [-0.2, 0) is 6.54 Å². The number of rotatable bonds is 5. The number of aromatic nitrogens is 5. The van der Waals surface area contributed by atoms with Crippen LogP contribution in [0.1, 0.15) is 16.4 Å². The van der Waals surface area contributed by atoms with Crippen molar-refractivity contribution in [2.75, 3.05) is 7.11 Å². The zero-order valence-electron chi connectivity index (χ0n) is 11.1. The van der Waals surface area contributed by atoms with Crippen LogP contribution in [0.5, 0.6) is 5.75 Å². The zero-order chi connectivity index (χ0) is 14.7. The molecule has 0 atom stereocenters. The van der Waals surface area contributed by atoms with Crippen molar-refractivity contribution < 1.29 is 14.1 Å². The summed E-state index contributed by atoms with van der Waals surface area (Å²) in [5.74, 6) is 1.61. The largest absolute Gasteiger partial charge is 0.497 e. The number of carbonyl (C=O) groups excluding carboxylic acids is 1. The number of hydrogen-bond acceptors (Lipinski definition) is 7. The topological polar surface area (TPSA) is 95.9 Å². The highest BCUT2D eigenvalue weighted by molar-refractivity contribution is 5.70. The standard InChI is InChI=1S/C13H11N5O3/c1-20-11-4-2-9(3-5-11)13-14-12(21-16-13)7-18-6-10(8-19)15-17-18/h2-6,8H,7H2,1H3. The lowest BCUT2D eigenvalue weighted by molar-refractivity contribution is 0.111. The summed E-state index contributed by atoms with van der Waals surface area (Å²) >= 11 is 0. The molecule has 106 valence electrons. The van der Waals surface area contributed by atoms with Crippen LogP contribution in [0.2, 0.25) is 0 Å². The van der Waals surface area contributed by atoms with E-state index >= 15 is 0 Å². The summed E-state index contributed by atoms with van der Waals surface area (Å²) in [4.78, 5) is 14.8. The monoisotopic (exact) mass is 285 g/mol. The molecule has 0 amide bonds. The molecule has 0 N–H and O–H groups in total. The van der Waals surface area contributed by atoms with Gasteiger partial charge in [0.25, 0.3) is 0 Å². The Morgan fingerprint density at radius 3 is 2.81 bits per heavy atom. The lowest BCUT2D eigenvalue weighted by Gasteiger charge is -1.98. The predicted octanol–water partition coefficient (Wildman–Crippen LogP) is 1.20. The molecule has 0 saturated carbocycles. The van der Waals surface area contributed by atoms with Crippen molar-refractivity contribution in [3.63, 3.8) is 0 Å². The van der Waals surface area contributed by atoms with Gasteiger partial charge in [-0.3, -0.25) is 4.79 Å². The van der Waals surface area contributed by atoms with E-state index in [0.717, 1.165) is 11.3 Å². The summed E-state index contributed by atoms with van der Waals surface area (Å²) in [6.45, 7) is 0.254. The van der Waals surface area contributed by atoms with Crippen LogP contribution in [0.3, 0.4) is 0 Å². The van der Waals surface area contributed by atoms with Gasteiger partial charge in [-0.15, -0.1) is 5.10 Å². The molecule has 0 aliphatic carbocycles. The Labute approximate surface area is 119 Å². The molecule has 0 fully saturated rings. The number of benzene rings is 1. The van der Waals surface area contributed by atoms with Crippen LogP contribution in [-0.4, -0.2) is 38.5 Å². The second-order valence-corrected chi connectivity index (χ2v) is 4.20. The van der Waals surface area contributed by atoms with Gasteiger partial charge < -0.3 is 9.26 Å². The molecule has 0 spiro atoms. The summed E-state index contributed by atoms with van der Waals surface area (Å²) in [5.41, 5.74) is 1.07. The molecular formula is C13H11N5O3. The average molecular weight is 285 g/mol. The molecule has 0 aliphatic heterocycles. The van der Waals surface area contributed by atoms with Gasteiger partial charge >= 0.3 is 0 Å². The maximum absolute atomic E-state index is 10.5. The Morgan fingerprint density at radius 2 is 2.14 bits per heavy atom. The number of aldehydes is 1. The van der Waals surface area contributed by atoms with Gasteiger partial charge in [0, 0.05) is 5.56 Å². The lowest BCUT2D eigenvalue weighted by Crippen LogP contribution is -2.00. The Hall–Kier alpha value is -3.03. The molecule has 0 bridgehead atoms. The Kier molecular flexibility index (Phi) is 3.42. The van der Waals surface area contributed by atoms with E-state index in [2.05, 4.69) is 20.5 Å². The van der Waals surface area contributed by atoms with E-state index in [0.29, 0.717) is 18.0 Å². The third kappa shape index (κ3) is 2.78. The first-order valence-corrected chi connectivity index (χ1v) is 6.11. The van der Waals surface area contributed by atoms with Gasteiger partial charge in [0.2, 0.25) is 11.7 Å². The van der Waals surface area contributed by atoms with Crippen LogP contribution in [0.4, 0.5) is 0 Å². The van der Waals surface area contributed by atoms with Gasteiger partial charge in [-0.1, -0.05) is 10.4 Å². The van der Waals surface area contributed by atoms with Crippen molar-refractivity contribution in [1.82, 2.24) is 25.1 Å². The van der Waals surface area contributed by atoms with E-state index in [1.807, 2.05) is 24.3 Å². The highest BCUT2D eigenvalue weighted by atomic mass is 16.5. The summed E-state index contributed by atoms with van der Waals surface area (Å²) in [6.07, 6.45) is 2.13. The molecule has 2 aromatic heterocycles. The summed E-state index contributed by atoms with van der Waals surface area (Å²) < 4.78 is 11.7. The molecule has 3 rings (SSSR count). The van der Waals surface area contributed by atoms with Crippen LogP contribution in [0, 0.1) is 0 Å². The van der Waals surface area contributed by atoms with Gasteiger partial charge in [0.05, 0.1) is 13.3 Å². The molecule has 2 heterocycles. The van der Waals surface area contributed by atoms with E-state index in [4.69, 9.17) is 9.26 Å². The highest BCUT2D eigenvalue weighted by Crippen LogP contribution is 2.19. The van der Waals surface area contributed by atoms with Crippen LogP contribution < -0.4 is 4.74 Å². The van der Waals surface area contributed by atoms with Crippen LogP contribution >= 0.6 is 0 Å². The minimum Gasteiger partial charge on any atom is -0.497 e. The molecule has 3 aromatic rings.